The second-order valence-corrected chi connectivity index (χ2v) is 6.10. The summed E-state index contributed by atoms with van der Waals surface area (Å²) in [5, 5.41) is 3.41. The molecule has 0 aliphatic carbocycles. The lowest BCUT2D eigenvalue weighted by atomic mass is 10.2. The summed E-state index contributed by atoms with van der Waals surface area (Å²) >= 11 is 9.31. The molecule has 4 nitrogen and oxygen atoms in total. The van der Waals surface area contributed by atoms with Crippen molar-refractivity contribution in [1.29, 1.82) is 0 Å². The van der Waals surface area contributed by atoms with Crippen LogP contribution in [0.25, 0.3) is 0 Å². The molecule has 1 aromatic heterocycles. The van der Waals surface area contributed by atoms with Gasteiger partial charge in [0, 0.05) is 16.6 Å². The van der Waals surface area contributed by atoms with Crippen LogP contribution in [0, 0.1) is 0 Å². The first-order chi connectivity index (χ1) is 9.99. The van der Waals surface area contributed by atoms with Crippen molar-refractivity contribution in [1.82, 2.24) is 10.2 Å². The Morgan fingerprint density at radius 1 is 1.43 bits per heavy atom. The largest absolute Gasteiger partial charge is 0.468 e. The van der Waals surface area contributed by atoms with Crippen LogP contribution < -0.4 is 5.32 Å². The number of nitrogens with zero attached hydrogens (tertiary/aromatic N) is 1. The molecular formula is C15H16BrClN2O2. The van der Waals surface area contributed by atoms with Gasteiger partial charge in [0.1, 0.15) is 5.76 Å². The maximum absolute atomic E-state index is 12.2. The molecule has 0 saturated heterocycles. The zero-order valence-corrected chi connectivity index (χ0v) is 14.1. The van der Waals surface area contributed by atoms with Crippen LogP contribution in [0.2, 0.25) is 5.02 Å². The Kier molecular flexibility index (Phi) is 5.45. The molecule has 2 rings (SSSR count). The number of nitrogens with one attached hydrogen (secondary N) is 1. The summed E-state index contributed by atoms with van der Waals surface area (Å²) in [5.74, 6) is 0.650. The first-order valence-electron chi connectivity index (χ1n) is 6.42. The zero-order chi connectivity index (χ0) is 15.4. The maximum atomic E-state index is 12.2. The molecule has 2 aromatic rings. The number of likely N-dealkylation sites (N-methyl/N-ethyl adjacent to an activating group) is 1. The summed E-state index contributed by atoms with van der Waals surface area (Å²) in [6.45, 7) is 0.451. The van der Waals surface area contributed by atoms with Crippen LogP contribution in [0.3, 0.4) is 0 Å². The van der Waals surface area contributed by atoms with E-state index >= 15 is 0 Å². The number of halogens is 2. The van der Waals surface area contributed by atoms with Gasteiger partial charge in [-0.3, -0.25) is 9.69 Å². The molecule has 1 heterocycles. The van der Waals surface area contributed by atoms with Crippen LogP contribution in [0.15, 0.2) is 45.5 Å². The van der Waals surface area contributed by atoms with Gasteiger partial charge in [0.15, 0.2) is 0 Å². The highest BCUT2D eigenvalue weighted by Gasteiger charge is 2.18. The molecule has 1 amide bonds. The molecule has 1 aromatic carbocycles. The van der Waals surface area contributed by atoms with Crippen molar-refractivity contribution in [3.8, 4) is 0 Å². The Balaban J connectivity index is 2.03. The van der Waals surface area contributed by atoms with Crippen molar-refractivity contribution in [2.75, 3.05) is 20.6 Å². The van der Waals surface area contributed by atoms with Crippen molar-refractivity contribution in [2.24, 2.45) is 0 Å². The van der Waals surface area contributed by atoms with Crippen LogP contribution >= 0.6 is 27.5 Å². The minimum absolute atomic E-state index is 0.0186. The number of hydrogen-bond acceptors (Lipinski definition) is 3. The van der Waals surface area contributed by atoms with Gasteiger partial charge in [0.2, 0.25) is 0 Å². The summed E-state index contributed by atoms with van der Waals surface area (Å²) < 4.78 is 6.18. The van der Waals surface area contributed by atoms with Crippen molar-refractivity contribution >= 4 is 33.4 Å². The lowest BCUT2D eigenvalue weighted by molar-refractivity contribution is 0.0939. The number of rotatable bonds is 5. The number of carbonyl (C=O) groups excluding carboxylic acids is 1. The molecule has 21 heavy (non-hydrogen) atoms. The fourth-order valence-electron chi connectivity index (χ4n) is 1.95. The third kappa shape index (κ3) is 4.09. The summed E-state index contributed by atoms with van der Waals surface area (Å²) in [7, 11) is 3.88. The standard InChI is InChI=1S/C15H16BrClN2O2/c1-19(2)13(14-4-3-7-21-14)9-18-15(20)10-5-6-11(16)12(17)8-10/h3-8,13H,9H2,1-2H3,(H,18,20). The smallest absolute Gasteiger partial charge is 0.251 e. The minimum atomic E-state index is -0.164. The number of hydrogen-bond donors (Lipinski definition) is 1. The summed E-state index contributed by atoms with van der Waals surface area (Å²) in [6, 6.07) is 8.83. The molecule has 0 saturated carbocycles. The fraction of sp³-hybridized carbons (Fsp3) is 0.267. The molecule has 1 atom stereocenters. The van der Waals surface area contributed by atoms with Crippen molar-refractivity contribution < 1.29 is 9.21 Å². The van der Waals surface area contributed by atoms with Crippen LogP contribution in [-0.4, -0.2) is 31.4 Å². The third-order valence-electron chi connectivity index (χ3n) is 3.13. The fourth-order valence-corrected chi connectivity index (χ4v) is 2.37. The number of furan rings is 1. The van der Waals surface area contributed by atoms with Gasteiger partial charge in [-0.15, -0.1) is 0 Å². The van der Waals surface area contributed by atoms with E-state index in [0.717, 1.165) is 10.2 Å². The maximum Gasteiger partial charge on any atom is 0.251 e. The molecule has 6 heteroatoms. The second kappa shape index (κ2) is 7.11. The van der Waals surface area contributed by atoms with Crippen LogP contribution in [0.4, 0.5) is 0 Å². The van der Waals surface area contributed by atoms with E-state index < -0.39 is 0 Å². The topological polar surface area (TPSA) is 45.5 Å². The Morgan fingerprint density at radius 3 is 2.76 bits per heavy atom. The molecule has 0 radical (unpaired) electrons. The molecular weight excluding hydrogens is 356 g/mol. The highest BCUT2D eigenvalue weighted by atomic mass is 79.9. The van der Waals surface area contributed by atoms with Crippen LogP contribution in [0.5, 0.6) is 0 Å². The van der Waals surface area contributed by atoms with E-state index in [1.54, 1.807) is 24.5 Å². The lowest BCUT2D eigenvalue weighted by Crippen LogP contribution is -2.34. The summed E-state index contributed by atoms with van der Waals surface area (Å²) in [5.41, 5.74) is 0.528. The minimum Gasteiger partial charge on any atom is -0.468 e. The predicted octanol–water partition coefficient (Wildman–Crippen LogP) is 3.73. The lowest BCUT2D eigenvalue weighted by Gasteiger charge is -2.22. The second-order valence-electron chi connectivity index (χ2n) is 4.83. The molecule has 112 valence electrons. The Labute approximate surface area is 137 Å². The molecule has 0 aliphatic heterocycles. The van der Waals surface area contributed by atoms with Crippen molar-refractivity contribution in [2.45, 2.75) is 6.04 Å². The molecule has 0 spiro atoms. The van der Waals surface area contributed by atoms with E-state index in [1.165, 1.54) is 0 Å². The van der Waals surface area contributed by atoms with Gasteiger partial charge in [-0.05, 0) is 60.4 Å². The van der Waals surface area contributed by atoms with Gasteiger partial charge in [0.25, 0.3) is 5.91 Å². The SMILES string of the molecule is CN(C)C(CNC(=O)c1ccc(Br)c(Cl)c1)c1ccco1. The van der Waals surface area contributed by atoms with Gasteiger partial charge in [-0.25, -0.2) is 0 Å². The van der Waals surface area contributed by atoms with Crippen LogP contribution in [0.1, 0.15) is 22.2 Å². The van der Waals surface area contributed by atoms with Gasteiger partial charge < -0.3 is 9.73 Å². The first-order valence-corrected chi connectivity index (χ1v) is 7.59. The van der Waals surface area contributed by atoms with Gasteiger partial charge in [-0.2, -0.15) is 0 Å². The highest BCUT2D eigenvalue weighted by Crippen LogP contribution is 2.23. The van der Waals surface area contributed by atoms with Crippen molar-refractivity contribution in [3.63, 3.8) is 0 Å². The van der Waals surface area contributed by atoms with E-state index in [4.69, 9.17) is 16.0 Å². The van der Waals surface area contributed by atoms with Crippen LogP contribution in [-0.2, 0) is 0 Å². The average molecular weight is 372 g/mol. The molecule has 0 fully saturated rings. The normalized spacial score (nSPS) is 12.4. The van der Waals surface area contributed by atoms with E-state index in [-0.39, 0.29) is 11.9 Å². The summed E-state index contributed by atoms with van der Waals surface area (Å²) in [6.07, 6.45) is 1.63. The van der Waals surface area contributed by atoms with E-state index in [9.17, 15) is 4.79 Å². The Bertz CT molecular complexity index is 614. The van der Waals surface area contributed by atoms with Crippen molar-refractivity contribution in [3.05, 3.63) is 57.4 Å². The van der Waals surface area contributed by atoms with Gasteiger partial charge in [-0.1, -0.05) is 11.6 Å². The van der Waals surface area contributed by atoms with Gasteiger partial charge >= 0.3 is 0 Å². The molecule has 1 N–H and O–H groups in total. The first kappa shape index (κ1) is 16.1. The average Bonchev–Trinajstić information content (AvgIpc) is 2.95. The van der Waals surface area contributed by atoms with E-state index in [2.05, 4.69) is 21.2 Å². The zero-order valence-electron chi connectivity index (χ0n) is 11.8. The number of amides is 1. The molecule has 0 aliphatic rings. The summed E-state index contributed by atoms with van der Waals surface area (Å²) in [4.78, 5) is 14.2. The molecule has 0 bridgehead atoms. The Morgan fingerprint density at radius 2 is 2.19 bits per heavy atom. The Hall–Kier alpha value is -1.30. The highest BCUT2D eigenvalue weighted by molar-refractivity contribution is 9.10. The quantitative estimate of drug-likeness (QED) is 0.871. The monoisotopic (exact) mass is 370 g/mol. The number of benzene rings is 1. The van der Waals surface area contributed by atoms with E-state index in [0.29, 0.717) is 17.1 Å². The predicted molar refractivity (Wildman–Crippen MR) is 86.6 cm³/mol. The third-order valence-corrected chi connectivity index (χ3v) is 4.37. The van der Waals surface area contributed by atoms with E-state index in [1.807, 2.05) is 31.1 Å². The molecule has 1 unspecified atom stereocenters. The van der Waals surface area contributed by atoms with Gasteiger partial charge in [0.05, 0.1) is 17.3 Å². The number of carbonyl (C=O) groups is 1.